The van der Waals surface area contributed by atoms with Crippen molar-refractivity contribution >= 4 is 26.5 Å². The van der Waals surface area contributed by atoms with Gasteiger partial charge in [0.2, 0.25) is 10.0 Å². The van der Waals surface area contributed by atoms with Gasteiger partial charge in [0, 0.05) is 16.5 Å². The van der Waals surface area contributed by atoms with Crippen LogP contribution in [0.2, 0.25) is 0 Å². The fraction of sp³-hybridized carbons (Fsp3) is 0.273. The number of benzene rings is 3. The van der Waals surface area contributed by atoms with Crippen molar-refractivity contribution in [1.29, 1.82) is 0 Å². The Morgan fingerprint density at radius 1 is 0.857 bits per heavy atom. The van der Waals surface area contributed by atoms with Crippen molar-refractivity contribution in [3.63, 3.8) is 0 Å². The second-order valence-electron chi connectivity index (χ2n) is 6.57. The summed E-state index contributed by atoms with van der Waals surface area (Å²) in [7, 11) is -1.68. The van der Waals surface area contributed by atoms with Crippen LogP contribution >= 0.6 is 0 Å². The van der Waals surface area contributed by atoms with E-state index in [1.165, 1.54) is 0 Å². The van der Waals surface area contributed by atoms with Gasteiger partial charge < -0.3 is 9.47 Å². The molecule has 0 amide bonds. The lowest BCUT2D eigenvalue weighted by Gasteiger charge is -2.12. The number of sulfonamides is 1. The van der Waals surface area contributed by atoms with Crippen molar-refractivity contribution in [2.75, 3.05) is 17.6 Å². The summed E-state index contributed by atoms with van der Waals surface area (Å²) in [5.41, 5.74) is 0.531. The number of ether oxygens (including phenoxy) is 2. The fourth-order valence-corrected chi connectivity index (χ4v) is 4.18. The molecule has 28 heavy (non-hydrogen) atoms. The molecule has 148 valence electrons. The number of rotatable bonds is 9. The van der Waals surface area contributed by atoms with Crippen molar-refractivity contribution in [3.05, 3.63) is 60.7 Å². The van der Waals surface area contributed by atoms with Crippen LogP contribution in [0.15, 0.2) is 60.7 Å². The van der Waals surface area contributed by atoms with E-state index in [0.29, 0.717) is 23.6 Å². The molecule has 0 aliphatic carbocycles. The highest BCUT2D eigenvalue weighted by molar-refractivity contribution is 7.92. The topological polar surface area (TPSA) is 64.6 Å². The van der Waals surface area contributed by atoms with Crippen LogP contribution in [0.25, 0.3) is 10.8 Å². The van der Waals surface area contributed by atoms with E-state index in [0.717, 1.165) is 29.4 Å². The molecular formula is C22H25NO4S. The van der Waals surface area contributed by atoms with Crippen LogP contribution in [0.5, 0.6) is 17.2 Å². The minimum absolute atomic E-state index is 0.136. The molecule has 5 nitrogen and oxygen atoms in total. The van der Waals surface area contributed by atoms with Crippen LogP contribution in [-0.4, -0.2) is 21.3 Å². The van der Waals surface area contributed by atoms with Crippen LogP contribution < -0.4 is 14.2 Å². The zero-order chi connectivity index (χ0) is 20.0. The Morgan fingerprint density at radius 2 is 1.50 bits per heavy atom. The predicted molar refractivity (Wildman–Crippen MR) is 114 cm³/mol. The number of methoxy groups -OCH3 is 1. The van der Waals surface area contributed by atoms with Gasteiger partial charge in [-0.25, -0.2) is 8.42 Å². The van der Waals surface area contributed by atoms with Gasteiger partial charge in [0.05, 0.1) is 12.9 Å². The standard InChI is InChI=1S/C22H25NO4S/c1-3-4-7-16-28(24,25)23-17-10-12-18(13-11-17)27-22-15-14-21(26-2)19-8-5-6-9-20(19)22/h5-6,8-15,23H,3-4,7,16H2,1-2H3. The van der Waals surface area contributed by atoms with Gasteiger partial charge in [0.25, 0.3) is 0 Å². The van der Waals surface area contributed by atoms with E-state index in [2.05, 4.69) is 4.72 Å². The molecule has 0 saturated heterocycles. The lowest BCUT2D eigenvalue weighted by molar-refractivity contribution is 0.418. The van der Waals surface area contributed by atoms with E-state index in [4.69, 9.17) is 9.47 Å². The molecule has 0 aliphatic heterocycles. The van der Waals surface area contributed by atoms with Gasteiger partial charge in [0.1, 0.15) is 17.2 Å². The van der Waals surface area contributed by atoms with Gasteiger partial charge >= 0.3 is 0 Å². The summed E-state index contributed by atoms with van der Waals surface area (Å²) in [6.07, 6.45) is 2.56. The zero-order valence-electron chi connectivity index (χ0n) is 16.1. The molecule has 0 aromatic heterocycles. The minimum atomic E-state index is -3.32. The molecule has 3 aromatic carbocycles. The molecule has 0 fully saturated rings. The Kier molecular flexibility index (Phi) is 6.41. The van der Waals surface area contributed by atoms with Crippen LogP contribution in [0.1, 0.15) is 26.2 Å². The van der Waals surface area contributed by atoms with E-state index >= 15 is 0 Å². The van der Waals surface area contributed by atoms with E-state index in [-0.39, 0.29) is 5.75 Å². The third-order valence-electron chi connectivity index (χ3n) is 4.44. The molecule has 0 atom stereocenters. The highest BCUT2D eigenvalue weighted by Gasteiger charge is 2.11. The van der Waals surface area contributed by atoms with Crippen LogP contribution in [0, 0.1) is 0 Å². The van der Waals surface area contributed by atoms with E-state index < -0.39 is 10.0 Å². The van der Waals surface area contributed by atoms with Gasteiger partial charge in [-0.3, -0.25) is 4.72 Å². The maximum atomic E-state index is 12.1. The number of unbranched alkanes of at least 4 members (excludes halogenated alkanes) is 2. The average molecular weight is 400 g/mol. The maximum Gasteiger partial charge on any atom is 0.232 e. The first kappa shape index (κ1) is 20.0. The predicted octanol–water partition coefficient (Wildman–Crippen LogP) is 5.57. The number of hydrogen-bond acceptors (Lipinski definition) is 4. The van der Waals surface area contributed by atoms with Crippen molar-refractivity contribution in [3.8, 4) is 17.2 Å². The summed E-state index contributed by atoms with van der Waals surface area (Å²) in [6, 6.07) is 18.5. The quantitative estimate of drug-likeness (QED) is 0.478. The lowest BCUT2D eigenvalue weighted by Crippen LogP contribution is -2.16. The Hall–Kier alpha value is -2.73. The Bertz CT molecular complexity index is 1030. The molecule has 0 saturated carbocycles. The molecule has 3 rings (SSSR count). The van der Waals surface area contributed by atoms with Crippen LogP contribution in [0.4, 0.5) is 5.69 Å². The number of anilines is 1. The summed E-state index contributed by atoms with van der Waals surface area (Å²) in [4.78, 5) is 0. The number of fused-ring (bicyclic) bond motifs is 1. The largest absolute Gasteiger partial charge is 0.496 e. The van der Waals surface area contributed by atoms with Crippen molar-refractivity contribution in [2.45, 2.75) is 26.2 Å². The Morgan fingerprint density at radius 3 is 2.14 bits per heavy atom. The fourth-order valence-electron chi connectivity index (χ4n) is 3.00. The number of nitrogens with one attached hydrogen (secondary N) is 1. The first-order chi connectivity index (χ1) is 13.5. The van der Waals surface area contributed by atoms with Gasteiger partial charge in [0.15, 0.2) is 0 Å². The summed E-state index contributed by atoms with van der Waals surface area (Å²) < 4.78 is 38.3. The second-order valence-corrected chi connectivity index (χ2v) is 8.41. The molecule has 0 heterocycles. The van der Waals surface area contributed by atoms with Crippen molar-refractivity contribution in [1.82, 2.24) is 0 Å². The summed E-state index contributed by atoms with van der Waals surface area (Å²) in [5.74, 6) is 2.26. The molecular weight excluding hydrogens is 374 g/mol. The van der Waals surface area contributed by atoms with E-state index in [1.54, 1.807) is 31.4 Å². The smallest absolute Gasteiger partial charge is 0.232 e. The monoisotopic (exact) mass is 399 g/mol. The molecule has 0 bridgehead atoms. The average Bonchev–Trinajstić information content (AvgIpc) is 2.69. The van der Waals surface area contributed by atoms with Crippen molar-refractivity contribution < 1.29 is 17.9 Å². The normalized spacial score (nSPS) is 11.4. The molecule has 0 unspecified atom stereocenters. The molecule has 0 spiro atoms. The lowest BCUT2D eigenvalue weighted by atomic mass is 10.1. The molecule has 6 heteroatoms. The van der Waals surface area contributed by atoms with Crippen LogP contribution in [-0.2, 0) is 10.0 Å². The first-order valence-electron chi connectivity index (χ1n) is 9.36. The first-order valence-corrected chi connectivity index (χ1v) is 11.0. The maximum absolute atomic E-state index is 12.1. The Labute approximate surface area is 166 Å². The zero-order valence-corrected chi connectivity index (χ0v) is 17.0. The summed E-state index contributed by atoms with van der Waals surface area (Å²) in [5, 5.41) is 1.92. The van der Waals surface area contributed by atoms with Crippen LogP contribution in [0.3, 0.4) is 0 Å². The SMILES string of the molecule is CCCCCS(=O)(=O)Nc1ccc(Oc2ccc(OC)c3ccccc23)cc1. The van der Waals surface area contributed by atoms with Gasteiger partial charge in [-0.15, -0.1) is 0 Å². The third kappa shape index (κ3) is 4.95. The second kappa shape index (κ2) is 8.97. The van der Waals surface area contributed by atoms with Gasteiger partial charge in [-0.05, 0) is 42.8 Å². The minimum Gasteiger partial charge on any atom is -0.496 e. The van der Waals surface area contributed by atoms with Crippen molar-refractivity contribution in [2.24, 2.45) is 0 Å². The van der Waals surface area contributed by atoms with E-state index in [1.807, 2.05) is 43.3 Å². The highest BCUT2D eigenvalue weighted by Crippen LogP contribution is 2.35. The molecule has 0 radical (unpaired) electrons. The van der Waals surface area contributed by atoms with E-state index in [9.17, 15) is 8.42 Å². The number of hydrogen-bond donors (Lipinski definition) is 1. The summed E-state index contributed by atoms with van der Waals surface area (Å²) in [6.45, 7) is 2.05. The highest BCUT2D eigenvalue weighted by atomic mass is 32.2. The third-order valence-corrected chi connectivity index (χ3v) is 5.81. The molecule has 0 aliphatic rings. The van der Waals surface area contributed by atoms with Gasteiger partial charge in [-0.2, -0.15) is 0 Å². The Balaban J connectivity index is 1.74. The summed E-state index contributed by atoms with van der Waals surface area (Å²) >= 11 is 0. The van der Waals surface area contributed by atoms with Gasteiger partial charge in [-0.1, -0.05) is 44.0 Å². The molecule has 3 aromatic rings. The molecule has 1 N–H and O–H groups in total.